The van der Waals surface area contributed by atoms with Gasteiger partial charge in [0.2, 0.25) is 0 Å². The number of hydrogen-bond donors (Lipinski definition) is 3. The molecule has 1 aromatic rings. The molecule has 0 spiro atoms. The number of carbonyl (C=O) groups excluding carboxylic acids is 1. The van der Waals surface area contributed by atoms with Crippen LogP contribution in [0.15, 0.2) is 6.07 Å². The monoisotopic (exact) mass is 246 g/mol. The molecule has 0 radical (unpaired) electrons. The van der Waals surface area contributed by atoms with Crippen molar-refractivity contribution in [2.24, 2.45) is 5.73 Å². The van der Waals surface area contributed by atoms with Gasteiger partial charge in [0, 0.05) is 6.54 Å². The smallest absolute Gasteiger partial charge is 0.330 e. The highest BCUT2D eigenvalue weighted by atomic mass is 32.1. The summed E-state index contributed by atoms with van der Waals surface area (Å²) >= 11 is 0.645. The van der Waals surface area contributed by atoms with Gasteiger partial charge in [-0.2, -0.15) is 0 Å². The molecule has 0 aliphatic rings. The number of nitro groups is 1. The zero-order chi connectivity index (χ0) is 12.3. The number of nitrogens with two attached hydrogens (primary N) is 1. The molecule has 0 aromatic carbocycles. The van der Waals surface area contributed by atoms with Gasteiger partial charge in [0.15, 0.2) is 6.29 Å². The number of carbonyl (C=O) groups is 1. The number of hydrogen-bond acceptors (Lipinski definition) is 7. The average molecular weight is 246 g/mol. The van der Waals surface area contributed by atoms with Crippen LogP contribution in [0.1, 0.15) is 21.3 Å². The Morgan fingerprint density at radius 2 is 2.25 bits per heavy atom. The molecule has 0 bridgehead atoms. The summed E-state index contributed by atoms with van der Waals surface area (Å²) in [6.45, 7) is -0.232. The van der Waals surface area contributed by atoms with E-state index in [1.165, 1.54) is 6.07 Å². The maximum Gasteiger partial charge on any atom is 0.330 e. The fraction of sp³-hybridized carbons (Fsp3) is 0.375. The lowest BCUT2D eigenvalue weighted by Crippen LogP contribution is -2.27. The summed E-state index contributed by atoms with van der Waals surface area (Å²) in [5.41, 5.74) is 5.04. The van der Waals surface area contributed by atoms with Crippen molar-refractivity contribution >= 4 is 22.6 Å². The molecular weight excluding hydrogens is 236 g/mol. The van der Waals surface area contributed by atoms with Gasteiger partial charge in [-0.05, 0) is 6.07 Å². The SMILES string of the molecule is NCC(O)C(O)c1cc(C=O)sc1[N+](=O)[O-]. The van der Waals surface area contributed by atoms with Crippen LogP contribution >= 0.6 is 11.3 Å². The van der Waals surface area contributed by atoms with Gasteiger partial charge in [-0.1, -0.05) is 11.3 Å². The van der Waals surface area contributed by atoms with Gasteiger partial charge in [-0.25, -0.2) is 0 Å². The largest absolute Gasteiger partial charge is 0.389 e. The van der Waals surface area contributed by atoms with E-state index in [1.807, 2.05) is 0 Å². The van der Waals surface area contributed by atoms with Gasteiger partial charge in [-0.15, -0.1) is 0 Å². The van der Waals surface area contributed by atoms with Crippen molar-refractivity contribution in [3.8, 4) is 0 Å². The second-order valence-corrected chi connectivity index (χ2v) is 4.09. The normalized spacial score (nSPS) is 14.4. The van der Waals surface area contributed by atoms with E-state index < -0.39 is 17.1 Å². The number of aliphatic hydroxyl groups excluding tert-OH is 2. The Morgan fingerprint density at radius 1 is 1.62 bits per heavy atom. The molecule has 0 aliphatic heterocycles. The van der Waals surface area contributed by atoms with Gasteiger partial charge in [0.1, 0.15) is 6.10 Å². The number of aliphatic hydroxyl groups is 2. The average Bonchev–Trinajstić information content (AvgIpc) is 2.71. The fourth-order valence-electron chi connectivity index (χ4n) is 1.16. The maximum atomic E-state index is 10.6. The van der Waals surface area contributed by atoms with E-state index in [-0.39, 0.29) is 22.0 Å². The first-order valence-electron chi connectivity index (χ1n) is 4.30. The van der Waals surface area contributed by atoms with E-state index in [9.17, 15) is 25.1 Å². The van der Waals surface area contributed by atoms with Crippen LogP contribution in [-0.4, -0.2) is 34.1 Å². The third kappa shape index (κ3) is 2.42. The third-order valence-electron chi connectivity index (χ3n) is 1.97. The van der Waals surface area contributed by atoms with Crippen molar-refractivity contribution < 1.29 is 19.9 Å². The number of rotatable bonds is 5. The molecule has 0 aliphatic carbocycles. The Balaban J connectivity index is 3.15. The van der Waals surface area contributed by atoms with Crippen molar-refractivity contribution in [2.75, 3.05) is 6.54 Å². The first-order valence-corrected chi connectivity index (χ1v) is 5.12. The summed E-state index contributed by atoms with van der Waals surface area (Å²) in [5, 5.41) is 29.2. The second-order valence-electron chi connectivity index (χ2n) is 3.03. The van der Waals surface area contributed by atoms with Crippen LogP contribution in [0.2, 0.25) is 0 Å². The summed E-state index contributed by atoms with van der Waals surface area (Å²) in [7, 11) is 0. The zero-order valence-corrected chi connectivity index (χ0v) is 8.88. The van der Waals surface area contributed by atoms with Crippen molar-refractivity contribution in [3.63, 3.8) is 0 Å². The predicted molar refractivity (Wildman–Crippen MR) is 56.4 cm³/mol. The standard InChI is InChI=1S/C8H10N2O5S/c9-2-6(12)7(13)5-1-4(3-11)16-8(5)10(14)15/h1,3,6-7,12-13H,2,9H2. The first kappa shape index (κ1) is 12.7. The number of aldehydes is 1. The Kier molecular flexibility index (Phi) is 4.07. The van der Waals surface area contributed by atoms with E-state index >= 15 is 0 Å². The maximum absolute atomic E-state index is 10.6. The molecular formula is C8H10N2O5S. The Morgan fingerprint density at radius 3 is 2.69 bits per heavy atom. The van der Waals surface area contributed by atoms with Crippen LogP contribution in [0.25, 0.3) is 0 Å². The second kappa shape index (κ2) is 5.12. The van der Waals surface area contributed by atoms with Gasteiger partial charge in [-0.3, -0.25) is 14.9 Å². The lowest BCUT2D eigenvalue weighted by Gasteiger charge is -2.13. The Bertz CT molecular complexity index is 405. The highest BCUT2D eigenvalue weighted by Gasteiger charge is 2.28. The molecule has 8 heteroatoms. The molecule has 88 valence electrons. The highest BCUT2D eigenvalue weighted by Crippen LogP contribution is 2.34. The minimum atomic E-state index is -1.46. The molecule has 1 heterocycles. The molecule has 7 nitrogen and oxygen atoms in total. The van der Waals surface area contributed by atoms with E-state index in [1.54, 1.807) is 0 Å². The lowest BCUT2D eigenvalue weighted by atomic mass is 10.1. The molecule has 2 unspecified atom stereocenters. The molecule has 0 amide bonds. The lowest BCUT2D eigenvalue weighted by molar-refractivity contribution is -0.381. The number of thiophene rings is 1. The van der Waals surface area contributed by atoms with Crippen LogP contribution in [0.3, 0.4) is 0 Å². The van der Waals surface area contributed by atoms with Crippen LogP contribution in [-0.2, 0) is 0 Å². The third-order valence-corrected chi connectivity index (χ3v) is 2.99. The summed E-state index contributed by atoms with van der Waals surface area (Å²) in [5.74, 6) is 0. The molecule has 0 saturated heterocycles. The molecule has 2 atom stereocenters. The molecule has 1 aromatic heterocycles. The summed E-state index contributed by atoms with van der Waals surface area (Å²) < 4.78 is 0. The number of nitrogens with zero attached hydrogens (tertiary/aromatic N) is 1. The summed E-state index contributed by atoms with van der Waals surface area (Å²) in [6.07, 6.45) is -2.31. The van der Waals surface area contributed by atoms with Gasteiger partial charge in [0.25, 0.3) is 0 Å². The molecule has 0 saturated carbocycles. The quantitative estimate of drug-likeness (QED) is 0.376. The van der Waals surface area contributed by atoms with E-state index in [0.29, 0.717) is 17.6 Å². The predicted octanol–water partition coefficient (Wildman–Crippen LogP) is -0.178. The van der Waals surface area contributed by atoms with Gasteiger partial charge in [0.05, 0.1) is 21.5 Å². The summed E-state index contributed by atoms with van der Waals surface area (Å²) in [6, 6.07) is 1.18. The topological polar surface area (TPSA) is 127 Å². The first-order chi connectivity index (χ1) is 7.51. The van der Waals surface area contributed by atoms with E-state index in [0.717, 1.165) is 0 Å². The van der Waals surface area contributed by atoms with Crippen molar-refractivity contribution in [1.82, 2.24) is 0 Å². The Hall–Kier alpha value is -1.35. The van der Waals surface area contributed by atoms with Crippen LogP contribution in [0.5, 0.6) is 0 Å². The molecule has 4 N–H and O–H groups in total. The fourth-order valence-corrected chi connectivity index (χ4v) is 1.99. The molecule has 1 rings (SSSR count). The minimum absolute atomic E-state index is 0.0879. The van der Waals surface area contributed by atoms with Crippen LogP contribution in [0.4, 0.5) is 5.00 Å². The Labute approximate surface area is 94.3 Å². The molecule has 0 fully saturated rings. The highest BCUT2D eigenvalue weighted by molar-refractivity contribution is 7.17. The van der Waals surface area contributed by atoms with Crippen molar-refractivity contribution in [2.45, 2.75) is 12.2 Å². The van der Waals surface area contributed by atoms with Crippen LogP contribution < -0.4 is 5.73 Å². The zero-order valence-electron chi connectivity index (χ0n) is 8.07. The van der Waals surface area contributed by atoms with Gasteiger partial charge >= 0.3 is 5.00 Å². The van der Waals surface area contributed by atoms with Crippen molar-refractivity contribution in [3.05, 3.63) is 26.6 Å². The van der Waals surface area contributed by atoms with Gasteiger partial charge < -0.3 is 15.9 Å². The van der Waals surface area contributed by atoms with Crippen LogP contribution in [0, 0.1) is 10.1 Å². The van der Waals surface area contributed by atoms with Crippen molar-refractivity contribution in [1.29, 1.82) is 0 Å². The summed E-state index contributed by atoms with van der Waals surface area (Å²) in [4.78, 5) is 20.5. The minimum Gasteiger partial charge on any atom is -0.389 e. The van der Waals surface area contributed by atoms with E-state index in [2.05, 4.69) is 0 Å². The molecule has 16 heavy (non-hydrogen) atoms. The van der Waals surface area contributed by atoms with E-state index in [4.69, 9.17) is 5.73 Å².